The van der Waals surface area contributed by atoms with Gasteiger partial charge in [0.2, 0.25) is 5.91 Å². The summed E-state index contributed by atoms with van der Waals surface area (Å²) < 4.78 is 10.7. The number of hydrogen-bond donors (Lipinski definition) is 1. The van der Waals surface area contributed by atoms with Crippen LogP contribution in [-0.2, 0) is 11.2 Å². The largest absolute Gasteiger partial charge is 0.497 e. The smallest absolute Gasteiger partial charge is 0.244 e. The van der Waals surface area contributed by atoms with Gasteiger partial charge in [0.15, 0.2) is 0 Å². The van der Waals surface area contributed by atoms with E-state index in [-0.39, 0.29) is 12.3 Å². The van der Waals surface area contributed by atoms with Crippen LogP contribution in [0.1, 0.15) is 24.5 Å². The molecule has 0 aliphatic rings. The Morgan fingerprint density at radius 2 is 1.92 bits per heavy atom. The Kier molecular flexibility index (Phi) is 6.83. The first-order chi connectivity index (χ1) is 11.7. The molecule has 0 fully saturated rings. The standard InChI is InChI=1S/C19H22N2O3/c1-3-12-24-18-7-5-4-6-16(18)14-20-21-19(22)13-15-8-10-17(23-2)11-9-15/h4-11,14H,3,12-13H2,1-2H3,(H,21,22)/b20-14-. The Morgan fingerprint density at radius 1 is 1.17 bits per heavy atom. The molecule has 0 atom stereocenters. The van der Waals surface area contributed by atoms with Crippen LogP contribution in [0.3, 0.4) is 0 Å². The maximum atomic E-state index is 11.9. The number of amides is 1. The second-order valence-electron chi connectivity index (χ2n) is 5.20. The van der Waals surface area contributed by atoms with E-state index in [1.165, 1.54) is 0 Å². The number of carbonyl (C=O) groups is 1. The molecule has 0 radical (unpaired) electrons. The summed E-state index contributed by atoms with van der Waals surface area (Å²) in [4.78, 5) is 11.9. The predicted molar refractivity (Wildman–Crippen MR) is 94.7 cm³/mol. The number of para-hydroxylation sites is 1. The van der Waals surface area contributed by atoms with Gasteiger partial charge in [-0.3, -0.25) is 4.79 Å². The zero-order valence-corrected chi connectivity index (χ0v) is 14.0. The minimum Gasteiger partial charge on any atom is -0.497 e. The normalized spacial score (nSPS) is 10.6. The molecule has 0 aromatic heterocycles. The maximum Gasteiger partial charge on any atom is 0.244 e. The lowest BCUT2D eigenvalue weighted by Gasteiger charge is -2.07. The van der Waals surface area contributed by atoms with Gasteiger partial charge in [-0.05, 0) is 36.2 Å². The molecule has 24 heavy (non-hydrogen) atoms. The third-order valence-corrected chi connectivity index (χ3v) is 3.30. The molecule has 5 nitrogen and oxygen atoms in total. The van der Waals surface area contributed by atoms with Gasteiger partial charge < -0.3 is 9.47 Å². The van der Waals surface area contributed by atoms with E-state index in [1.54, 1.807) is 13.3 Å². The van der Waals surface area contributed by atoms with Crippen molar-refractivity contribution < 1.29 is 14.3 Å². The van der Waals surface area contributed by atoms with Gasteiger partial charge in [-0.25, -0.2) is 5.43 Å². The number of rotatable bonds is 8. The SMILES string of the molecule is CCCOc1ccccc1/C=N\NC(=O)Cc1ccc(OC)cc1. The first-order valence-corrected chi connectivity index (χ1v) is 7.89. The summed E-state index contributed by atoms with van der Waals surface area (Å²) in [6.07, 6.45) is 2.79. The van der Waals surface area contributed by atoms with Crippen molar-refractivity contribution in [3.05, 3.63) is 59.7 Å². The van der Waals surface area contributed by atoms with Crippen LogP contribution in [-0.4, -0.2) is 25.8 Å². The molecule has 1 N–H and O–H groups in total. The van der Waals surface area contributed by atoms with E-state index in [1.807, 2.05) is 48.5 Å². The Hall–Kier alpha value is -2.82. The molecule has 0 aliphatic carbocycles. The van der Waals surface area contributed by atoms with Crippen molar-refractivity contribution in [2.75, 3.05) is 13.7 Å². The molecule has 1 amide bonds. The van der Waals surface area contributed by atoms with Gasteiger partial charge in [0.25, 0.3) is 0 Å². The van der Waals surface area contributed by atoms with Crippen molar-refractivity contribution in [3.63, 3.8) is 0 Å². The molecular weight excluding hydrogens is 304 g/mol. The number of ether oxygens (including phenoxy) is 2. The summed E-state index contributed by atoms with van der Waals surface area (Å²) in [7, 11) is 1.61. The summed E-state index contributed by atoms with van der Waals surface area (Å²) in [6, 6.07) is 15.0. The van der Waals surface area contributed by atoms with Crippen LogP contribution in [0.4, 0.5) is 0 Å². The molecule has 0 unspecified atom stereocenters. The van der Waals surface area contributed by atoms with Gasteiger partial charge in [-0.2, -0.15) is 5.10 Å². The van der Waals surface area contributed by atoms with E-state index in [0.717, 1.165) is 29.0 Å². The summed E-state index contributed by atoms with van der Waals surface area (Å²) in [5, 5.41) is 4.01. The van der Waals surface area contributed by atoms with E-state index in [2.05, 4.69) is 17.5 Å². The minimum absolute atomic E-state index is 0.177. The molecule has 0 saturated heterocycles. The molecule has 2 aromatic rings. The quantitative estimate of drug-likeness (QED) is 0.599. The summed E-state index contributed by atoms with van der Waals surface area (Å²) in [5.41, 5.74) is 4.26. The summed E-state index contributed by atoms with van der Waals surface area (Å²) in [6.45, 7) is 2.70. The van der Waals surface area contributed by atoms with Crippen molar-refractivity contribution in [1.29, 1.82) is 0 Å². The fourth-order valence-corrected chi connectivity index (χ4v) is 2.07. The molecule has 5 heteroatoms. The van der Waals surface area contributed by atoms with Crippen LogP contribution in [0.25, 0.3) is 0 Å². The fourth-order valence-electron chi connectivity index (χ4n) is 2.07. The Morgan fingerprint density at radius 3 is 2.62 bits per heavy atom. The second kappa shape index (κ2) is 9.35. The first kappa shape index (κ1) is 17.5. The van der Waals surface area contributed by atoms with Gasteiger partial charge >= 0.3 is 0 Å². The van der Waals surface area contributed by atoms with E-state index in [0.29, 0.717) is 6.61 Å². The van der Waals surface area contributed by atoms with Gasteiger partial charge in [0.1, 0.15) is 11.5 Å². The van der Waals surface area contributed by atoms with Crippen LogP contribution in [0.5, 0.6) is 11.5 Å². The number of benzene rings is 2. The van der Waals surface area contributed by atoms with Crippen LogP contribution in [0.2, 0.25) is 0 Å². The highest BCUT2D eigenvalue weighted by molar-refractivity contribution is 5.85. The van der Waals surface area contributed by atoms with Crippen molar-refractivity contribution in [2.24, 2.45) is 5.10 Å². The van der Waals surface area contributed by atoms with Crippen LogP contribution < -0.4 is 14.9 Å². The molecule has 126 valence electrons. The van der Waals surface area contributed by atoms with Crippen molar-refractivity contribution in [3.8, 4) is 11.5 Å². The number of methoxy groups -OCH3 is 1. The monoisotopic (exact) mass is 326 g/mol. The van der Waals surface area contributed by atoms with Gasteiger partial charge in [0.05, 0.1) is 26.4 Å². The number of hydrogen-bond acceptors (Lipinski definition) is 4. The van der Waals surface area contributed by atoms with E-state index < -0.39 is 0 Å². The average Bonchev–Trinajstić information content (AvgIpc) is 2.61. The third kappa shape index (κ3) is 5.43. The third-order valence-electron chi connectivity index (χ3n) is 3.30. The molecule has 0 heterocycles. The van der Waals surface area contributed by atoms with Crippen molar-refractivity contribution >= 4 is 12.1 Å². The van der Waals surface area contributed by atoms with Crippen LogP contribution >= 0.6 is 0 Å². The van der Waals surface area contributed by atoms with Gasteiger partial charge in [0, 0.05) is 5.56 Å². The number of nitrogens with zero attached hydrogens (tertiary/aromatic N) is 1. The predicted octanol–water partition coefficient (Wildman–Crippen LogP) is 3.18. The molecule has 0 bridgehead atoms. The van der Waals surface area contributed by atoms with Crippen LogP contribution in [0.15, 0.2) is 53.6 Å². The highest BCUT2D eigenvalue weighted by Gasteiger charge is 2.03. The lowest BCUT2D eigenvalue weighted by Crippen LogP contribution is -2.19. The summed E-state index contributed by atoms with van der Waals surface area (Å²) in [5.74, 6) is 1.34. The van der Waals surface area contributed by atoms with Crippen molar-refractivity contribution in [1.82, 2.24) is 5.43 Å². The average molecular weight is 326 g/mol. The summed E-state index contributed by atoms with van der Waals surface area (Å²) >= 11 is 0. The lowest BCUT2D eigenvalue weighted by molar-refractivity contribution is -0.120. The topological polar surface area (TPSA) is 59.9 Å². The molecule has 0 aliphatic heterocycles. The highest BCUT2D eigenvalue weighted by atomic mass is 16.5. The second-order valence-corrected chi connectivity index (χ2v) is 5.20. The Labute approximate surface area is 142 Å². The van der Waals surface area contributed by atoms with E-state index in [4.69, 9.17) is 9.47 Å². The van der Waals surface area contributed by atoms with E-state index >= 15 is 0 Å². The zero-order chi connectivity index (χ0) is 17.2. The first-order valence-electron chi connectivity index (χ1n) is 7.89. The molecular formula is C19H22N2O3. The van der Waals surface area contributed by atoms with E-state index in [9.17, 15) is 4.79 Å². The zero-order valence-electron chi connectivity index (χ0n) is 14.0. The number of nitrogens with one attached hydrogen (secondary N) is 1. The Bertz CT molecular complexity index is 681. The molecule has 2 rings (SSSR count). The molecule has 0 spiro atoms. The lowest BCUT2D eigenvalue weighted by atomic mass is 10.1. The fraction of sp³-hybridized carbons (Fsp3) is 0.263. The number of hydrazone groups is 1. The minimum atomic E-state index is -0.177. The van der Waals surface area contributed by atoms with Crippen LogP contribution in [0, 0.1) is 0 Å². The van der Waals surface area contributed by atoms with Crippen molar-refractivity contribution in [2.45, 2.75) is 19.8 Å². The molecule has 0 saturated carbocycles. The maximum absolute atomic E-state index is 11.9. The Balaban J connectivity index is 1.90. The number of carbonyl (C=O) groups excluding carboxylic acids is 1. The van der Waals surface area contributed by atoms with Gasteiger partial charge in [-0.15, -0.1) is 0 Å². The molecule has 2 aromatic carbocycles. The van der Waals surface area contributed by atoms with Gasteiger partial charge in [-0.1, -0.05) is 31.2 Å². The highest BCUT2D eigenvalue weighted by Crippen LogP contribution is 2.16.